The van der Waals surface area contributed by atoms with Gasteiger partial charge in [-0.3, -0.25) is 4.79 Å². The Kier molecular flexibility index (Phi) is 5.04. The second-order valence-corrected chi connectivity index (χ2v) is 4.47. The summed E-state index contributed by atoms with van der Waals surface area (Å²) in [6, 6.07) is 0. The van der Waals surface area contributed by atoms with Crippen LogP contribution in [0.25, 0.3) is 0 Å². The van der Waals surface area contributed by atoms with Crippen molar-refractivity contribution in [1.82, 2.24) is 4.90 Å². The van der Waals surface area contributed by atoms with Crippen LogP contribution in [0, 0.1) is 5.41 Å². The molecule has 78 valence electrons. The minimum absolute atomic E-state index is 0.146. The molecule has 2 heteroatoms. The highest BCUT2D eigenvalue weighted by Crippen LogP contribution is 2.21. The van der Waals surface area contributed by atoms with E-state index in [1.165, 1.54) is 6.42 Å². The lowest BCUT2D eigenvalue weighted by Gasteiger charge is -2.33. The van der Waals surface area contributed by atoms with Gasteiger partial charge in [0.05, 0.1) is 0 Å². The summed E-state index contributed by atoms with van der Waals surface area (Å²) in [4.78, 5) is 13.3. The first-order valence-corrected chi connectivity index (χ1v) is 5.27. The minimum Gasteiger partial charge on any atom is -0.343 e. The van der Waals surface area contributed by atoms with Gasteiger partial charge in [0.2, 0.25) is 5.91 Å². The van der Waals surface area contributed by atoms with E-state index in [0.29, 0.717) is 12.3 Å². The first-order valence-electron chi connectivity index (χ1n) is 5.27. The van der Waals surface area contributed by atoms with E-state index in [1.54, 1.807) is 0 Å². The van der Waals surface area contributed by atoms with Gasteiger partial charge in [0, 0.05) is 19.5 Å². The molecule has 1 fully saturated rings. The molecular formula is C11H23NO. The van der Waals surface area contributed by atoms with Crippen molar-refractivity contribution in [2.75, 3.05) is 13.1 Å². The molecule has 1 aliphatic rings. The van der Waals surface area contributed by atoms with Gasteiger partial charge < -0.3 is 4.90 Å². The fourth-order valence-electron chi connectivity index (χ4n) is 1.13. The SMILES string of the molecule is CC.CC(C)(C)CC(=O)N1CCC1. The van der Waals surface area contributed by atoms with E-state index in [-0.39, 0.29) is 5.41 Å². The molecule has 0 atom stereocenters. The zero-order valence-electron chi connectivity index (χ0n) is 9.68. The number of likely N-dealkylation sites (tertiary alicyclic amines) is 1. The normalized spacial score (nSPS) is 15.6. The lowest BCUT2D eigenvalue weighted by Crippen LogP contribution is -2.43. The van der Waals surface area contributed by atoms with Gasteiger partial charge in [-0.1, -0.05) is 34.6 Å². The molecule has 0 aromatic heterocycles. The maximum Gasteiger partial charge on any atom is 0.223 e. The molecule has 0 spiro atoms. The Morgan fingerprint density at radius 1 is 1.23 bits per heavy atom. The summed E-state index contributed by atoms with van der Waals surface area (Å²) in [7, 11) is 0. The van der Waals surface area contributed by atoms with Gasteiger partial charge in [0.25, 0.3) is 0 Å². The number of rotatable bonds is 1. The molecule has 0 unspecified atom stereocenters. The Hall–Kier alpha value is -0.530. The molecule has 0 saturated carbocycles. The maximum atomic E-state index is 11.4. The van der Waals surface area contributed by atoms with Crippen molar-refractivity contribution in [2.45, 2.75) is 47.5 Å². The van der Waals surface area contributed by atoms with Crippen LogP contribution in [-0.2, 0) is 4.79 Å². The van der Waals surface area contributed by atoms with E-state index < -0.39 is 0 Å². The molecule has 2 nitrogen and oxygen atoms in total. The third kappa shape index (κ3) is 4.91. The topological polar surface area (TPSA) is 20.3 Å². The largest absolute Gasteiger partial charge is 0.343 e. The molecular weight excluding hydrogens is 162 g/mol. The fraction of sp³-hybridized carbons (Fsp3) is 0.909. The summed E-state index contributed by atoms with van der Waals surface area (Å²) < 4.78 is 0. The number of carbonyl (C=O) groups excluding carboxylic acids is 1. The second-order valence-electron chi connectivity index (χ2n) is 4.47. The van der Waals surface area contributed by atoms with Crippen LogP contribution >= 0.6 is 0 Å². The van der Waals surface area contributed by atoms with E-state index in [1.807, 2.05) is 18.7 Å². The van der Waals surface area contributed by atoms with Crippen molar-refractivity contribution in [3.63, 3.8) is 0 Å². The zero-order chi connectivity index (χ0) is 10.5. The van der Waals surface area contributed by atoms with E-state index in [2.05, 4.69) is 20.8 Å². The number of nitrogens with zero attached hydrogens (tertiary/aromatic N) is 1. The molecule has 1 heterocycles. The number of hydrogen-bond donors (Lipinski definition) is 0. The standard InChI is InChI=1S/C9H17NO.C2H6/c1-9(2,3)7-8(11)10-5-4-6-10;1-2/h4-7H2,1-3H3;1-2H3. The van der Waals surface area contributed by atoms with Crippen LogP contribution in [0.2, 0.25) is 0 Å². The Balaban J connectivity index is 0.000000671. The van der Waals surface area contributed by atoms with Gasteiger partial charge in [-0.25, -0.2) is 0 Å². The second kappa shape index (κ2) is 5.25. The Labute approximate surface area is 82.3 Å². The third-order valence-electron chi connectivity index (χ3n) is 1.89. The highest BCUT2D eigenvalue weighted by molar-refractivity contribution is 5.77. The van der Waals surface area contributed by atoms with Crippen LogP contribution in [-0.4, -0.2) is 23.9 Å². The molecule has 0 aliphatic carbocycles. The molecule has 0 bridgehead atoms. The summed E-state index contributed by atoms with van der Waals surface area (Å²) in [5.41, 5.74) is 0.146. The van der Waals surface area contributed by atoms with E-state index in [4.69, 9.17) is 0 Å². The predicted octanol–water partition coefficient (Wildman–Crippen LogP) is 2.68. The predicted molar refractivity (Wildman–Crippen MR) is 56.6 cm³/mol. The van der Waals surface area contributed by atoms with Gasteiger partial charge >= 0.3 is 0 Å². The van der Waals surface area contributed by atoms with E-state index in [0.717, 1.165) is 13.1 Å². The average molecular weight is 185 g/mol. The van der Waals surface area contributed by atoms with Gasteiger partial charge in [0.15, 0.2) is 0 Å². The number of amides is 1. The van der Waals surface area contributed by atoms with E-state index >= 15 is 0 Å². The summed E-state index contributed by atoms with van der Waals surface area (Å²) in [5.74, 6) is 0.323. The molecule has 0 N–H and O–H groups in total. The average Bonchev–Trinajstić information content (AvgIpc) is 1.83. The van der Waals surface area contributed by atoms with Crippen molar-refractivity contribution >= 4 is 5.91 Å². The van der Waals surface area contributed by atoms with E-state index in [9.17, 15) is 4.79 Å². The van der Waals surface area contributed by atoms with Crippen LogP contribution in [0.3, 0.4) is 0 Å². The molecule has 1 aliphatic heterocycles. The van der Waals surface area contributed by atoms with Crippen molar-refractivity contribution in [1.29, 1.82) is 0 Å². The molecule has 0 aromatic carbocycles. The van der Waals surface area contributed by atoms with Crippen LogP contribution in [0.4, 0.5) is 0 Å². The van der Waals surface area contributed by atoms with Crippen LogP contribution in [0.15, 0.2) is 0 Å². The molecule has 1 rings (SSSR count). The first-order chi connectivity index (χ1) is 5.99. The molecule has 0 aromatic rings. The monoisotopic (exact) mass is 185 g/mol. The van der Waals surface area contributed by atoms with Crippen molar-refractivity contribution < 1.29 is 4.79 Å². The van der Waals surface area contributed by atoms with Crippen LogP contribution < -0.4 is 0 Å². The Bertz CT molecular complexity index is 154. The van der Waals surface area contributed by atoms with Gasteiger partial charge in [0.1, 0.15) is 0 Å². The molecule has 1 saturated heterocycles. The maximum absolute atomic E-state index is 11.4. The zero-order valence-corrected chi connectivity index (χ0v) is 9.68. The Morgan fingerprint density at radius 3 is 1.92 bits per heavy atom. The third-order valence-corrected chi connectivity index (χ3v) is 1.89. The fourth-order valence-corrected chi connectivity index (χ4v) is 1.13. The summed E-state index contributed by atoms with van der Waals surface area (Å²) in [6.45, 7) is 12.3. The van der Waals surface area contributed by atoms with Crippen molar-refractivity contribution in [3.8, 4) is 0 Å². The Morgan fingerprint density at radius 2 is 1.69 bits per heavy atom. The lowest BCUT2D eigenvalue weighted by molar-refractivity contribution is -0.136. The molecule has 1 amide bonds. The van der Waals surface area contributed by atoms with Crippen molar-refractivity contribution in [2.24, 2.45) is 5.41 Å². The lowest BCUT2D eigenvalue weighted by atomic mass is 9.91. The smallest absolute Gasteiger partial charge is 0.223 e. The number of carbonyl (C=O) groups is 1. The van der Waals surface area contributed by atoms with Gasteiger partial charge in [-0.15, -0.1) is 0 Å². The molecule has 13 heavy (non-hydrogen) atoms. The van der Waals surface area contributed by atoms with Crippen molar-refractivity contribution in [3.05, 3.63) is 0 Å². The number of hydrogen-bond acceptors (Lipinski definition) is 1. The molecule has 0 radical (unpaired) electrons. The highest BCUT2D eigenvalue weighted by Gasteiger charge is 2.24. The van der Waals surface area contributed by atoms with Crippen LogP contribution in [0.1, 0.15) is 47.5 Å². The van der Waals surface area contributed by atoms with Crippen LogP contribution in [0.5, 0.6) is 0 Å². The summed E-state index contributed by atoms with van der Waals surface area (Å²) in [6.07, 6.45) is 1.88. The highest BCUT2D eigenvalue weighted by atomic mass is 16.2. The summed E-state index contributed by atoms with van der Waals surface area (Å²) >= 11 is 0. The summed E-state index contributed by atoms with van der Waals surface area (Å²) in [5, 5.41) is 0. The first kappa shape index (κ1) is 12.5. The van der Waals surface area contributed by atoms with Gasteiger partial charge in [-0.05, 0) is 11.8 Å². The minimum atomic E-state index is 0.146. The van der Waals surface area contributed by atoms with Gasteiger partial charge in [-0.2, -0.15) is 0 Å². The quantitative estimate of drug-likeness (QED) is 0.615.